The highest BCUT2D eigenvalue weighted by atomic mass is 35.5. The van der Waals surface area contributed by atoms with E-state index < -0.39 is 10.2 Å². The van der Waals surface area contributed by atoms with Crippen LogP contribution in [0.15, 0.2) is 24.3 Å². The van der Waals surface area contributed by atoms with Crippen LogP contribution in [0.2, 0.25) is 5.02 Å². The largest absolute Gasteiger partial charge is 0.355 e. The van der Waals surface area contributed by atoms with Gasteiger partial charge in [-0.2, -0.15) is 28.8 Å². The molecule has 1 amide bonds. The molecular weight excluding hydrogens is 394 g/mol. The van der Waals surface area contributed by atoms with Gasteiger partial charge in [0.15, 0.2) is 0 Å². The molecule has 1 aliphatic rings. The molecule has 26 heavy (non-hydrogen) atoms. The van der Waals surface area contributed by atoms with E-state index >= 15 is 0 Å². The lowest BCUT2D eigenvalue weighted by atomic mass is 9.99. The van der Waals surface area contributed by atoms with Crippen LogP contribution in [0, 0.1) is 5.92 Å². The number of hydrogen-bond donors (Lipinski definition) is 1. The Hall–Kier alpha value is -0.800. The fraction of sp³-hybridized carbons (Fsp3) is 0.588. The quantitative estimate of drug-likeness (QED) is 0.656. The summed E-state index contributed by atoms with van der Waals surface area (Å²) in [6, 6.07) is 7.73. The van der Waals surface area contributed by atoms with Crippen LogP contribution in [0.3, 0.4) is 0 Å². The standard InChI is InChI=1S/C17H26ClN3O3S2/c1-20(2)26(23,24)21-10-5-7-14(12-21)17(22)19-9-11-25-13-15-6-3-4-8-16(15)18/h3-4,6,8,14H,5,7,9-13H2,1-2H3,(H,19,22)/t14-/m0/s1. The van der Waals surface area contributed by atoms with Crippen LogP contribution in [0.5, 0.6) is 0 Å². The van der Waals surface area contributed by atoms with Gasteiger partial charge in [-0.3, -0.25) is 4.79 Å². The smallest absolute Gasteiger partial charge is 0.281 e. The number of piperidine rings is 1. The van der Waals surface area contributed by atoms with Crippen LogP contribution in [-0.2, 0) is 20.8 Å². The van der Waals surface area contributed by atoms with Gasteiger partial charge in [-0.1, -0.05) is 29.8 Å². The van der Waals surface area contributed by atoms with Crippen molar-refractivity contribution >= 4 is 39.5 Å². The van der Waals surface area contributed by atoms with Crippen molar-refractivity contribution < 1.29 is 13.2 Å². The highest BCUT2D eigenvalue weighted by Gasteiger charge is 2.33. The van der Waals surface area contributed by atoms with Crippen LogP contribution >= 0.6 is 23.4 Å². The molecule has 0 unspecified atom stereocenters. The minimum Gasteiger partial charge on any atom is -0.355 e. The SMILES string of the molecule is CN(C)S(=O)(=O)N1CCC[C@H](C(=O)NCCSCc2ccccc2Cl)C1. The molecule has 0 aliphatic carbocycles. The molecule has 1 heterocycles. The van der Waals surface area contributed by atoms with Crippen molar-refractivity contribution in [1.82, 2.24) is 13.9 Å². The van der Waals surface area contributed by atoms with Crippen molar-refractivity contribution in [2.45, 2.75) is 18.6 Å². The average molecular weight is 420 g/mol. The zero-order valence-corrected chi connectivity index (χ0v) is 17.5. The maximum absolute atomic E-state index is 12.4. The molecule has 1 N–H and O–H groups in total. The zero-order chi connectivity index (χ0) is 19.2. The topological polar surface area (TPSA) is 69.7 Å². The lowest BCUT2D eigenvalue weighted by molar-refractivity contribution is -0.125. The van der Waals surface area contributed by atoms with E-state index in [9.17, 15) is 13.2 Å². The van der Waals surface area contributed by atoms with Gasteiger partial charge in [-0.25, -0.2) is 0 Å². The molecule has 0 bridgehead atoms. The third kappa shape index (κ3) is 5.85. The Morgan fingerprint density at radius 3 is 2.81 bits per heavy atom. The first-order valence-corrected chi connectivity index (χ1v) is 11.5. The number of nitrogens with one attached hydrogen (secondary N) is 1. The zero-order valence-electron chi connectivity index (χ0n) is 15.2. The first-order chi connectivity index (χ1) is 12.3. The first-order valence-electron chi connectivity index (χ1n) is 8.59. The third-order valence-corrected chi connectivity index (χ3v) is 7.59. The van der Waals surface area contributed by atoms with Crippen molar-refractivity contribution in [3.05, 3.63) is 34.9 Å². The Bertz CT molecular complexity index is 713. The molecule has 1 atom stereocenters. The second-order valence-corrected chi connectivity index (χ2v) is 10.1. The van der Waals surface area contributed by atoms with E-state index in [2.05, 4.69) is 5.32 Å². The molecule has 1 saturated heterocycles. The maximum Gasteiger partial charge on any atom is 0.281 e. The number of amides is 1. The Morgan fingerprint density at radius 1 is 1.38 bits per heavy atom. The van der Waals surface area contributed by atoms with Crippen LogP contribution < -0.4 is 5.32 Å². The van der Waals surface area contributed by atoms with Gasteiger partial charge in [-0.15, -0.1) is 0 Å². The van der Waals surface area contributed by atoms with Gasteiger partial charge in [0.1, 0.15) is 0 Å². The number of nitrogens with zero attached hydrogens (tertiary/aromatic N) is 2. The summed E-state index contributed by atoms with van der Waals surface area (Å²) in [7, 11) is -0.442. The average Bonchev–Trinajstić information content (AvgIpc) is 2.62. The normalized spacial score (nSPS) is 18.8. The molecule has 146 valence electrons. The summed E-state index contributed by atoms with van der Waals surface area (Å²) in [5.74, 6) is 1.23. The monoisotopic (exact) mass is 419 g/mol. The summed E-state index contributed by atoms with van der Waals surface area (Å²) in [6.45, 7) is 1.28. The Morgan fingerprint density at radius 2 is 2.12 bits per heavy atom. The number of rotatable bonds is 8. The molecule has 1 aromatic carbocycles. The molecule has 0 spiro atoms. The maximum atomic E-state index is 12.4. The third-order valence-electron chi connectivity index (χ3n) is 4.30. The lowest BCUT2D eigenvalue weighted by Crippen LogP contribution is -2.49. The molecule has 6 nitrogen and oxygen atoms in total. The second kappa shape index (κ2) is 9.94. The van der Waals surface area contributed by atoms with Gasteiger partial charge in [0.2, 0.25) is 5.91 Å². The number of benzene rings is 1. The number of hydrogen-bond acceptors (Lipinski definition) is 4. The van der Waals surface area contributed by atoms with Crippen molar-refractivity contribution in [3.8, 4) is 0 Å². The number of carbonyl (C=O) groups excluding carboxylic acids is 1. The van der Waals surface area contributed by atoms with Gasteiger partial charge in [-0.05, 0) is 24.5 Å². The molecule has 9 heteroatoms. The van der Waals surface area contributed by atoms with Crippen LogP contribution in [0.4, 0.5) is 0 Å². The molecule has 1 aromatic rings. The van der Waals surface area contributed by atoms with Crippen molar-refractivity contribution in [2.75, 3.05) is 39.5 Å². The number of halogens is 1. The van der Waals surface area contributed by atoms with E-state index in [-0.39, 0.29) is 18.4 Å². The molecule has 0 aromatic heterocycles. The Labute approximate surface area is 165 Å². The molecule has 0 saturated carbocycles. The minimum absolute atomic E-state index is 0.0676. The Balaban J connectivity index is 1.73. The van der Waals surface area contributed by atoms with Gasteiger partial charge in [0.05, 0.1) is 5.92 Å². The van der Waals surface area contributed by atoms with Gasteiger partial charge in [0, 0.05) is 50.3 Å². The van der Waals surface area contributed by atoms with Crippen LogP contribution in [0.25, 0.3) is 0 Å². The van der Waals surface area contributed by atoms with Crippen molar-refractivity contribution in [1.29, 1.82) is 0 Å². The van der Waals surface area contributed by atoms with E-state index in [1.807, 2.05) is 24.3 Å². The highest BCUT2D eigenvalue weighted by Crippen LogP contribution is 2.21. The summed E-state index contributed by atoms with van der Waals surface area (Å²) in [5.41, 5.74) is 1.09. The fourth-order valence-corrected chi connectivity index (χ4v) is 5.12. The number of thioether (sulfide) groups is 1. The van der Waals surface area contributed by atoms with E-state index in [1.165, 1.54) is 22.7 Å². The molecule has 0 radical (unpaired) electrons. The summed E-state index contributed by atoms with van der Waals surface area (Å²) in [5, 5.41) is 3.68. The lowest BCUT2D eigenvalue weighted by Gasteiger charge is -2.32. The fourth-order valence-electron chi connectivity index (χ4n) is 2.79. The van der Waals surface area contributed by atoms with E-state index in [0.717, 1.165) is 28.5 Å². The van der Waals surface area contributed by atoms with Crippen molar-refractivity contribution in [2.24, 2.45) is 5.92 Å². The first kappa shape index (κ1) is 21.5. The van der Waals surface area contributed by atoms with Crippen LogP contribution in [-0.4, -0.2) is 62.4 Å². The van der Waals surface area contributed by atoms with E-state index in [1.54, 1.807) is 11.8 Å². The summed E-state index contributed by atoms with van der Waals surface area (Å²) < 4.78 is 27.0. The molecule has 2 rings (SSSR count). The molecule has 1 aliphatic heterocycles. The van der Waals surface area contributed by atoms with Crippen molar-refractivity contribution in [3.63, 3.8) is 0 Å². The molecule has 1 fully saturated rings. The minimum atomic E-state index is -3.46. The molecular formula is C17H26ClN3O3S2. The van der Waals surface area contributed by atoms with Gasteiger partial charge in [0.25, 0.3) is 10.2 Å². The predicted molar refractivity (Wildman–Crippen MR) is 108 cm³/mol. The summed E-state index contributed by atoms with van der Waals surface area (Å²) >= 11 is 7.83. The number of carbonyl (C=O) groups is 1. The predicted octanol–water partition coefficient (Wildman–Crippen LogP) is 2.21. The van der Waals surface area contributed by atoms with Gasteiger partial charge >= 0.3 is 0 Å². The second-order valence-electron chi connectivity index (χ2n) is 6.42. The Kier molecular flexibility index (Phi) is 8.22. The highest BCUT2D eigenvalue weighted by molar-refractivity contribution is 7.98. The van der Waals surface area contributed by atoms with Crippen LogP contribution in [0.1, 0.15) is 18.4 Å². The van der Waals surface area contributed by atoms with Gasteiger partial charge < -0.3 is 5.32 Å². The summed E-state index contributed by atoms with van der Waals surface area (Å²) in [6.07, 6.45) is 1.42. The van der Waals surface area contributed by atoms with E-state index in [4.69, 9.17) is 11.6 Å². The van der Waals surface area contributed by atoms with E-state index in [0.29, 0.717) is 19.5 Å². The summed E-state index contributed by atoms with van der Waals surface area (Å²) in [4.78, 5) is 12.4.